The first kappa shape index (κ1) is 14.4. The Kier molecular flexibility index (Phi) is 4.56. The van der Waals surface area contributed by atoms with E-state index >= 15 is 0 Å². The number of halogens is 4. The Bertz CT molecular complexity index is 601. The first-order valence-corrected chi connectivity index (χ1v) is 6.64. The lowest BCUT2D eigenvalue weighted by atomic mass is 10.0. The van der Waals surface area contributed by atoms with Crippen LogP contribution in [0.4, 0.5) is 4.39 Å². The van der Waals surface area contributed by atoms with Crippen molar-refractivity contribution >= 4 is 34.8 Å². The third kappa shape index (κ3) is 3.14. The maximum absolute atomic E-state index is 13.5. The van der Waals surface area contributed by atoms with Crippen LogP contribution in [0.1, 0.15) is 16.5 Å². The van der Waals surface area contributed by atoms with Gasteiger partial charge in [0.2, 0.25) is 0 Å². The fourth-order valence-electron chi connectivity index (χ4n) is 1.75. The molecule has 0 saturated carbocycles. The quantitative estimate of drug-likeness (QED) is 0.682. The number of hydrogen-bond acceptors (Lipinski definition) is 1. The van der Waals surface area contributed by atoms with Crippen LogP contribution in [0.3, 0.4) is 0 Å². The summed E-state index contributed by atoms with van der Waals surface area (Å²) in [4.78, 5) is 0. The second-order valence-corrected chi connectivity index (χ2v) is 5.20. The van der Waals surface area contributed by atoms with Crippen LogP contribution in [-0.2, 0) is 0 Å². The van der Waals surface area contributed by atoms with Crippen molar-refractivity contribution in [1.29, 1.82) is 0 Å². The molecule has 0 bridgehead atoms. The van der Waals surface area contributed by atoms with Crippen LogP contribution in [0.2, 0.25) is 10.0 Å². The van der Waals surface area contributed by atoms with E-state index in [1.807, 2.05) is 0 Å². The first-order chi connectivity index (χ1) is 9.02. The van der Waals surface area contributed by atoms with Gasteiger partial charge in [0.1, 0.15) is 11.6 Å². The van der Waals surface area contributed by atoms with Gasteiger partial charge < -0.3 is 4.74 Å². The maximum Gasteiger partial charge on any atom is 0.142 e. The van der Waals surface area contributed by atoms with E-state index in [9.17, 15) is 4.39 Å². The lowest BCUT2D eigenvalue weighted by molar-refractivity contribution is 0.410. The van der Waals surface area contributed by atoms with Crippen molar-refractivity contribution in [2.24, 2.45) is 0 Å². The first-order valence-electron chi connectivity index (χ1n) is 5.45. The van der Waals surface area contributed by atoms with Gasteiger partial charge in [-0.3, -0.25) is 0 Å². The molecule has 0 spiro atoms. The van der Waals surface area contributed by atoms with Gasteiger partial charge >= 0.3 is 0 Å². The largest absolute Gasteiger partial charge is 0.496 e. The van der Waals surface area contributed by atoms with Crippen LogP contribution in [0.15, 0.2) is 36.4 Å². The van der Waals surface area contributed by atoms with Crippen molar-refractivity contribution in [3.8, 4) is 5.75 Å². The molecule has 1 nitrogen and oxygen atoms in total. The lowest BCUT2D eigenvalue weighted by Gasteiger charge is -2.15. The Hall–Kier alpha value is -0.960. The van der Waals surface area contributed by atoms with E-state index in [1.165, 1.54) is 12.1 Å². The average molecular weight is 320 g/mol. The van der Waals surface area contributed by atoms with Gasteiger partial charge in [-0.25, -0.2) is 4.39 Å². The third-order valence-corrected chi connectivity index (χ3v) is 3.73. The SMILES string of the molecule is COc1ccc(Cl)cc1C(Cl)c1ccc(Cl)c(F)c1. The van der Waals surface area contributed by atoms with Crippen molar-refractivity contribution in [1.82, 2.24) is 0 Å². The van der Waals surface area contributed by atoms with E-state index in [0.29, 0.717) is 21.9 Å². The average Bonchev–Trinajstić information content (AvgIpc) is 2.41. The number of methoxy groups -OCH3 is 1. The van der Waals surface area contributed by atoms with E-state index in [0.717, 1.165) is 0 Å². The normalized spacial score (nSPS) is 12.3. The Balaban J connectivity index is 2.45. The maximum atomic E-state index is 13.5. The van der Waals surface area contributed by atoms with Gasteiger partial charge in [-0.2, -0.15) is 0 Å². The Morgan fingerprint density at radius 2 is 1.84 bits per heavy atom. The Morgan fingerprint density at radius 1 is 1.11 bits per heavy atom. The summed E-state index contributed by atoms with van der Waals surface area (Å²) in [5.74, 6) is 0.0885. The second kappa shape index (κ2) is 6.00. The fourth-order valence-corrected chi connectivity index (χ4v) is 2.36. The highest BCUT2D eigenvalue weighted by Crippen LogP contribution is 2.37. The van der Waals surface area contributed by atoms with Gasteiger partial charge in [0, 0.05) is 10.6 Å². The minimum Gasteiger partial charge on any atom is -0.496 e. The molecule has 1 atom stereocenters. The molecule has 0 N–H and O–H groups in total. The smallest absolute Gasteiger partial charge is 0.142 e. The molecule has 2 rings (SSSR count). The number of ether oxygens (including phenoxy) is 1. The van der Waals surface area contributed by atoms with Crippen molar-refractivity contribution in [3.05, 3.63) is 63.4 Å². The molecular weight excluding hydrogens is 310 g/mol. The number of rotatable bonds is 3. The summed E-state index contributed by atoms with van der Waals surface area (Å²) in [5, 5.41) is 0.0296. The molecule has 0 aromatic heterocycles. The van der Waals surface area contributed by atoms with Crippen LogP contribution in [0.5, 0.6) is 5.75 Å². The molecule has 0 radical (unpaired) electrons. The predicted octanol–water partition coefficient (Wildman–Crippen LogP) is 5.47. The van der Waals surface area contributed by atoms with Crippen molar-refractivity contribution < 1.29 is 9.13 Å². The summed E-state index contributed by atoms with van der Waals surface area (Å²) >= 11 is 18.0. The molecule has 100 valence electrons. The van der Waals surface area contributed by atoms with Gasteiger partial charge in [-0.1, -0.05) is 29.3 Å². The van der Waals surface area contributed by atoms with Crippen LogP contribution in [0, 0.1) is 5.82 Å². The summed E-state index contributed by atoms with van der Waals surface area (Å²) in [7, 11) is 1.54. The Morgan fingerprint density at radius 3 is 2.47 bits per heavy atom. The second-order valence-electron chi connectivity index (χ2n) is 3.92. The van der Waals surface area contributed by atoms with Gasteiger partial charge in [-0.05, 0) is 35.9 Å². The van der Waals surface area contributed by atoms with Crippen LogP contribution in [-0.4, -0.2) is 7.11 Å². The minimum absolute atomic E-state index is 0.0608. The van der Waals surface area contributed by atoms with E-state index in [4.69, 9.17) is 39.5 Å². The summed E-state index contributed by atoms with van der Waals surface area (Å²) in [6, 6.07) is 9.57. The van der Waals surface area contributed by atoms with Crippen LogP contribution in [0.25, 0.3) is 0 Å². The lowest BCUT2D eigenvalue weighted by Crippen LogP contribution is -1.98. The number of benzene rings is 2. The molecule has 0 aliphatic carbocycles. The van der Waals surface area contributed by atoms with Crippen LogP contribution >= 0.6 is 34.8 Å². The van der Waals surface area contributed by atoms with Gasteiger partial charge in [0.05, 0.1) is 17.5 Å². The molecule has 0 fully saturated rings. The molecule has 0 amide bonds. The van der Waals surface area contributed by atoms with Crippen molar-refractivity contribution in [3.63, 3.8) is 0 Å². The zero-order valence-corrected chi connectivity index (χ0v) is 12.2. The molecule has 0 heterocycles. The topological polar surface area (TPSA) is 9.23 Å². The van der Waals surface area contributed by atoms with E-state index < -0.39 is 11.2 Å². The highest BCUT2D eigenvalue weighted by Gasteiger charge is 2.17. The standard InChI is InChI=1S/C14H10Cl3FO/c1-19-13-5-3-9(15)7-10(13)14(17)8-2-4-11(16)12(18)6-8/h2-7,14H,1H3. The molecule has 1 unspecified atom stereocenters. The molecule has 0 saturated heterocycles. The van der Waals surface area contributed by atoms with Crippen LogP contribution < -0.4 is 4.74 Å². The fraction of sp³-hybridized carbons (Fsp3) is 0.143. The van der Waals surface area contributed by atoms with Gasteiger partial charge in [0.25, 0.3) is 0 Å². The number of hydrogen-bond donors (Lipinski definition) is 0. The summed E-state index contributed by atoms with van der Waals surface area (Å²) in [5.41, 5.74) is 1.27. The van der Waals surface area contributed by atoms with Gasteiger partial charge in [-0.15, -0.1) is 11.6 Å². The zero-order valence-electron chi connectivity index (χ0n) is 9.96. The van der Waals surface area contributed by atoms with E-state index in [-0.39, 0.29) is 5.02 Å². The van der Waals surface area contributed by atoms with Crippen molar-refractivity contribution in [2.75, 3.05) is 7.11 Å². The molecule has 19 heavy (non-hydrogen) atoms. The van der Waals surface area contributed by atoms with E-state index in [2.05, 4.69) is 0 Å². The number of alkyl halides is 1. The Labute approximate surface area is 125 Å². The summed E-state index contributed by atoms with van der Waals surface area (Å²) in [6.07, 6.45) is 0. The minimum atomic E-state index is -0.569. The predicted molar refractivity (Wildman–Crippen MR) is 77.1 cm³/mol. The monoisotopic (exact) mass is 318 g/mol. The summed E-state index contributed by atoms with van der Waals surface area (Å²) in [6.45, 7) is 0. The third-order valence-electron chi connectivity index (χ3n) is 2.70. The molecule has 2 aromatic carbocycles. The molecule has 2 aromatic rings. The summed E-state index contributed by atoms with van der Waals surface area (Å²) < 4.78 is 18.7. The molecule has 0 aliphatic heterocycles. The van der Waals surface area contributed by atoms with E-state index in [1.54, 1.807) is 31.4 Å². The van der Waals surface area contributed by atoms with Gasteiger partial charge in [0.15, 0.2) is 0 Å². The van der Waals surface area contributed by atoms with Crippen molar-refractivity contribution in [2.45, 2.75) is 5.38 Å². The molecule has 0 aliphatic rings. The molecular formula is C14H10Cl3FO. The molecule has 5 heteroatoms. The highest BCUT2D eigenvalue weighted by atomic mass is 35.5. The highest BCUT2D eigenvalue weighted by molar-refractivity contribution is 6.31. The zero-order chi connectivity index (χ0) is 14.0.